The number of anilines is 1. The standard InChI is InChI=1S/C14H19FN2O3/c1-17-5-3-2-4-9(17)8-20-13-6-10(14(18)19)12(16)7-11(13)15/h6-7,9H,2-5,8,16H2,1H3,(H,18,19). The van der Waals surface area contributed by atoms with Crippen LogP contribution >= 0.6 is 0 Å². The Bertz CT molecular complexity index is 507. The number of carbonyl (C=O) groups is 1. The van der Waals surface area contributed by atoms with Crippen LogP contribution in [0.25, 0.3) is 0 Å². The van der Waals surface area contributed by atoms with E-state index >= 15 is 0 Å². The molecule has 1 aliphatic heterocycles. The van der Waals surface area contributed by atoms with Gasteiger partial charge >= 0.3 is 5.97 Å². The summed E-state index contributed by atoms with van der Waals surface area (Å²) in [6.45, 7) is 1.34. The van der Waals surface area contributed by atoms with Crippen LogP contribution in [0.2, 0.25) is 0 Å². The molecule has 0 radical (unpaired) electrons. The van der Waals surface area contributed by atoms with Gasteiger partial charge in [-0.25, -0.2) is 9.18 Å². The van der Waals surface area contributed by atoms with Gasteiger partial charge in [0.25, 0.3) is 0 Å². The number of piperidine rings is 1. The SMILES string of the molecule is CN1CCCCC1COc1cc(C(=O)O)c(N)cc1F. The molecule has 6 heteroatoms. The van der Waals surface area contributed by atoms with Crippen molar-refractivity contribution in [2.45, 2.75) is 25.3 Å². The smallest absolute Gasteiger partial charge is 0.337 e. The predicted octanol–water partition coefficient (Wildman–Crippen LogP) is 1.97. The number of aromatic carboxylic acids is 1. The molecule has 1 atom stereocenters. The fourth-order valence-electron chi connectivity index (χ4n) is 2.41. The van der Waals surface area contributed by atoms with Crippen molar-refractivity contribution in [3.63, 3.8) is 0 Å². The molecule has 0 spiro atoms. The fourth-order valence-corrected chi connectivity index (χ4v) is 2.41. The Balaban J connectivity index is 2.09. The molecule has 0 saturated carbocycles. The minimum atomic E-state index is -1.19. The number of likely N-dealkylation sites (N-methyl/N-ethyl adjacent to an activating group) is 1. The lowest BCUT2D eigenvalue weighted by Gasteiger charge is -2.32. The van der Waals surface area contributed by atoms with Crippen LogP contribution in [0.1, 0.15) is 29.6 Å². The van der Waals surface area contributed by atoms with Gasteiger partial charge in [-0.1, -0.05) is 6.42 Å². The Labute approximate surface area is 117 Å². The van der Waals surface area contributed by atoms with Crippen molar-refractivity contribution in [3.8, 4) is 5.75 Å². The number of carboxylic acids is 1. The number of hydrogen-bond donors (Lipinski definition) is 2. The summed E-state index contributed by atoms with van der Waals surface area (Å²) in [5, 5.41) is 8.97. The van der Waals surface area contributed by atoms with E-state index in [2.05, 4.69) is 4.90 Å². The van der Waals surface area contributed by atoms with E-state index in [-0.39, 0.29) is 23.0 Å². The number of rotatable bonds is 4. The van der Waals surface area contributed by atoms with Gasteiger partial charge in [-0.3, -0.25) is 0 Å². The zero-order valence-corrected chi connectivity index (χ0v) is 11.4. The van der Waals surface area contributed by atoms with Gasteiger partial charge in [0.2, 0.25) is 0 Å². The quantitative estimate of drug-likeness (QED) is 0.826. The van der Waals surface area contributed by atoms with E-state index in [1.165, 1.54) is 0 Å². The molecule has 2 rings (SSSR count). The van der Waals surface area contributed by atoms with Gasteiger partial charge in [-0.05, 0) is 32.5 Å². The third-order valence-electron chi connectivity index (χ3n) is 3.69. The van der Waals surface area contributed by atoms with Crippen molar-refractivity contribution in [1.29, 1.82) is 0 Å². The molecule has 0 amide bonds. The van der Waals surface area contributed by atoms with E-state index in [9.17, 15) is 9.18 Å². The molecular formula is C14H19FN2O3. The van der Waals surface area contributed by atoms with Gasteiger partial charge in [0.15, 0.2) is 11.6 Å². The third kappa shape index (κ3) is 3.19. The number of nitrogens with two attached hydrogens (primary N) is 1. The summed E-state index contributed by atoms with van der Waals surface area (Å²) in [5.41, 5.74) is 5.23. The van der Waals surface area contributed by atoms with Crippen molar-refractivity contribution in [2.75, 3.05) is 25.9 Å². The molecule has 1 unspecified atom stereocenters. The second-order valence-electron chi connectivity index (χ2n) is 5.12. The van der Waals surface area contributed by atoms with Gasteiger partial charge in [0.05, 0.1) is 5.56 Å². The molecule has 1 aromatic carbocycles. The zero-order chi connectivity index (χ0) is 14.7. The molecule has 1 heterocycles. The lowest BCUT2D eigenvalue weighted by Crippen LogP contribution is -2.40. The van der Waals surface area contributed by atoms with Gasteiger partial charge in [0.1, 0.15) is 6.61 Å². The third-order valence-corrected chi connectivity index (χ3v) is 3.69. The number of halogens is 1. The second kappa shape index (κ2) is 6.09. The maximum atomic E-state index is 13.7. The van der Waals surface area contributed by atoms with Crippen LogP contribution in [-0.2, 0) is 0 Å². The average Bonchev–Trinajstić information content (AvgIpc) is 2.39. The normalized spacial score (nSPS) is 19.8. The molecule has 1 fully saturated rings. The molecule has 20 heavy (non-hydrogen) atoms. The maximum absolute atomic E-state index is 13.7. The van der Waals surface area contributed by atoms with Crippen LogP contribution in [0.3, 0.4) is 0 Å². The molecule has 1 saturated heterocycles. The van der Waals surface area contributed by atoms with Crippen LogP contribution in [0.15, 0.2) is 12.1 Å². The zero-order valence-electron chi connectivity index (χ0n) is 11.4. The number of nitrogens with zero attached hydrogens (tertiary/aromatic N) is 1. The van der Waals surface area contributed by atoms with E-state index in [4.69, 9.17) is 15.6 Å². The van der Waals surface area contributed by atoms with Crippen molar-refractivity contribution >= 4 is 11.7 Å². The number of ether oxygens (including phenoxy) is 1. The molecule has 1 aliphatic rings. The second-order valence-corrected chi connectivity index (χ2v) is 5.12. The number of benzene rings is 1. The summed E-state index contributed by atoms with van der Waals surface area (Å²) in [5.74, 6) is -1.89. The topological polar surface area (TPSA) is 75.8 Å². The van der Waals surface area contributed by atoms with E-state index in [1.54, 1.807) is 0 Å². The van der Waals surface area contributed by atoms with Crippen LogP contribution in [0.4, 0.5) is 10.1 Å². The highest BCUT2D eigenvalue weighted by Crippen LogP contribution is 2.25. The molecule has 1 aromatic rings. The average molecular weight is 282 g/mol. The van der Waals surface area contributed by atoms with Crippen LogP contribution in [-0.4, -0.2) is 42.2 Å². The van der Waals surface area contributed by atoms with E-state index < -0.39 is 11.8 Å². The monoisotopic (exact) mass is 282 g/mol. The highest BCUT2D eigenvalue weighted by atomic mass is 19.1. The molecule has 110 valence electrons. The number of carboxylic acid groups (broad SMARTS) is 1. The van der Waals surface area contributed by atoms with Crippen molar-refractivity contribution in [3.05, 3.63) is 23.5 Å². The largest absolute Gasteiger partial charge is 0.489 e. The number of hydrogen-bond acceptors (Lipinski definition) is 4. The van der Waals surface area contributed by atoms with Crippen LogP contribution in [0, 0.1) is 5.82 Å². The maximum Gasteiger partial charge on any atom is 0.337 e. The van der Waals surface area contributed by atoms with Crippen LogP contribution in [0.5, 0.6) is 5.75 Å². The predicted molar refractivity (Wildman–Crippen MR) is 73.5 cm³/mol. The summed E-state index contributed by atoms with van der Waals surface area (Å²) in [7, 11) is 2.01. The van der Waals surface area contributed by atoms with Gasteiger partial charge in [-0.2, -0.15) is 0 Å². The molecule has 0 aromatic heterocycles. The van der Waals surface area contributed by atoms with E-state index in [1.807, 2.05) is 7.05 Å². The minimum absolute atomic E-state index is 0.0597. The lowest BCUT2D eigenvalue weighted by atomic mass is 10.0. The molecule has 5 nitrogen and oxygen atoms in total. The summed E-state index contributed by atoms with van der Waals surface area (Å²) in [6, 6.07) is 2.37. The first-order valence-corrected chi connectivity index (χ1v) is 6.64. The first kappa shape index (κ1) is 14.6. The Morgan fingerprint density at radius 3 is 2.95 bits per heavy atom. The Hall–Kier alpha value is -1.82. The highest BCUT2D eigenvalue weighted by molar-refractivity contribution is 5.94. The van der Waals surface area contributed by atoms with E-state index in [0.29, 0.717) is 6.61 Å². The Morgan fingerprint density at radius 2 is 2.30 bits per heavy atom. The van der Waals surface area contributed by atoms with Gasteiger partial charge in [0, 0.05) is 17.8 Å². The number of nitrogen functional groups attached to an aromatic ring is 1. The summed E-state index contributed by atoms with van der Waals surface area (Å²) < 4.78 is 19.2. The van der Waals surface area contributed by atoms with Crippen molar-refractivity contribution < 1.29 is 19.0 Å². The molecular weight excluding hydrogens is 263 g/mol. The Morgan fingerprint density at radius 1 is 1.55 bits per heavy atom. The lowest BCUT2D eigenvalue weighted by molar-refractivity contribution is 0.0697. The Kier molecular flexibility index (Phi) is 4.44. The molecule has 3 N–H and O–H groups in total. The first-order valence-electron chi connectivity index (χ1n) is 6.64. The highest BCUT2D eigenvalue weighted by Gasteiger charge is 2.21. The number of likely N-dealkylation sites (tertiary alicyclic amines) is 1. The van der Waals surface area contributed by atoms with Gasteiger partial charge < -0.3 is 20.5 Å². The minimum Gasteiger partial charge on any atom is -0.489 e. The van der Waals surface area contributed by atoms with Crippen molar-refractivity contribution in [2.24, 2.45) is 0 Å². The summed E-state index contributed by atoms with van der Waals surface area (Å²) >= 11 is 0. The molecule has 0 bridgehead atoms. The van der Waals surface area contributed by atoms with Crippen LogP contribution < -0.4 is 10.5 Å². The summed E-state index contributed by atoms with van der Waals surface area (Å²) in [4.78, 5) is 13.2. The van der Waals surface area contributed by atoms with Gasteiger partial charge in [-0.15, -0.1) is 0 Å². The van der Waals surface area contributed by atoms with Crippen molar-refractivity contribution in [1.82, 2.24) is 4.90 Å². The first-order chi connectivity index (χ1) is 9.49. The fraction of sp³-hybridized carbons (Fsp3) is 0.500. The summed E-state index contributed by atoms with van der Waals surface area (Å²) in [6.07, 6.45) is 3.29. The van der Waals surface area contributed by atoms with E-state index in [0.717, 1.165) is 37.9 Å². The molecule has 0 aliphatic carbocycles.